The van der Waals surface area contributed by atoms with Gasteiger partial charge in [0.2, 0.25) is 5.91 Å². The maximum atomic E-state index is 11.8. The molecule has 2 aromatic rings. The number of thiophene rings is 1. The first-order valence-electron chi connectivity index (χ1n) is 7.11. The van der Waals surface area contributed by atoms with E-state index in [0.717, 1.165) is 23.4 Å². The molecule has 1 aliphatic heterocycles. The normalized spacial score (nSPS) is 22.2. The fourth-order valence-corrected chi connectivity index (χ4v) is 3.27. The zero-order valence-corrected chi connectivity index (χ0v) is 12.7. The largest absolute Gasteiger partial charge is 0.384 e. The van der Waals surface area contributed by atoms with Crippen LogP contribution in [0.15, 0.2) is 23.6 Å². The molecule has 21 heavy (non-hydrogen) atoms. The van der Waals surface area contributed by atoms with Crippen molar-refractivity contribution < 1.29 is 4.79 Å². The first kappa shape index (κ1) is 14.1. The van der Waals surface area contributed by atoms with E-state index in [1.165, 1.54) is 0 Å². The lowest BCUT2D eigenvalue weighted by molar-refractivity contribution is -0.125. The molecular formula is C14H19N5OS. The first-order valence-corrected chi connectivity index (χ1v) is 7.99. The molecule has 1 amide bonds. The summed E-state index contributed by atoms with van der Waals surface area (Å²) in [5, 5.41) is 12.8. The van der Waals surface area contributed by atoms with Crippen molar-refractivity contribution in [2.75, 3.05) is 5.73 Å². The monoisotopic (exact) mass is 305 g/mol. The summed E-state index contributed by atoms with van der Waals surface area (Å²) in [6.07, 6.45) is 2.12. The Balaban J connectivity index is 1.84. The molecule has 1 saturated heterocycles. The molecule has 4 N–H and O–H groups in total. The van der Waals surface area contributed by atoms with Crippen LogP contribution in [0.2, 0.25) is 0 Å². The number of hydrogen-bond acceptors (Lipinski definition) is 5. The first-order chi connectivity index (χ1) is 10.2. The minimum Gasteiger partial charge on any atom is -0.384 e. The fraction of sp³-hybridized carbons (Fsp3) is 0.429. The van der Waals surface area contributed by atoms with Gasteiger partial charge in [0.25, 0.3) is 0 Å². The summed E-state index contributed by atoms with van der Waals surface area (Å²) in [7, 11) is 0. The second kappa shape index (κ2) is 5.87. The minimum atomic E-state index is -0.378. The number of hydrogen-bond donors (Lipinski definition) is 3. The zero-order chi connectivity index (χ0) is 14.8. The summed E-state index contributed by atoms with van der Waals surface area (Å²) in [6.45, 7) is 2.11. The van der Waals surface area contributed by atoms with Crippen LogP contribution in [-0.2, 0) is 4.79 Å². The Hall–Kier alpha value is -1.86. The Labute approximate surface area is 127 Å². The van der Waals surface area contributed by atoms with Crippen LogP contribution in [0.3, 0.4) is 0 Å². The zero-order valence-electron chi connectivity index (χ0n) is 11.9. The third-order valence-corrected chi connectivity index (χ3v) is 4.44. The molecule has 3 rings (SSSR count). The molecule has 0 bridgehead atoms. The van der Waals surface area contributed by atoms with Crippen LogP contribution in [0, 0.1) is 0 Å². The third-order valence-electron chi connectivity index (χ3n) is 3.54. The van der Waals surface area contributed by atoms with Crippen molar-refractivity contribution in [2.45, 2.75) is 38.5 Å². The van der Waals surface area contributed by atoms with E-state index in [9.17, 15) is 4.79 Å². The number of aromatic nitrogens is 2. The van der Waals surface area contributed by atoms with Crippen molar-refractivity contribution in [3.05, 3.63) is 23.6 Å². The van der Waals surface area contributed by atoms with E-state index in [-0.39, 0.29) is 18.2 Å². The van der Waals surface area contributed by atoms with E-state index in [0.29, 0.717) is 12.2 Å². The molecule has 0 spiro atoms. The summed E-state index contributed by atoms with van der Waals surface area (Å²) in [6, 6.07) is 5.99. The van der Waals surface area contributed by atoms with Crippen LogP contribution in [-0.4, -0.2) is 21.7 Å². The van der Waals surface area contributed by atoms with Crippen molar-refractivity contribution in [3.8, 4) is 10.6 Å². The van der Waals surface area contributed by atoms with Crippen LogP contribution in [0.25, 0.3) is 10.6 Å². The number of carbonyl (C=O) groups excluding carboxylic acids is 1. The van der Waals surface area contributed by atoms with Crippen molar-refractivity contribution in [1.82, 2.24) is 20.4 Å². The summed E-state index contributed by atoms with van der Waals surface area (Å²) in [5.41, 5.74) is 6.89. The van der Waals surface area contributed by atoms with Gasteiger partial charge in [0.15, 0.2) is 6.29 Å². The quantitative estimate of drug-likeness (QED) is 0.806. The molecule has 0 aromatic carbocycles. The van der Waals surface area contributed by atoms with Gasteiger partial charge in [-0.2, -0.15) is 5.10 Å². The van der Waals surface area contributed by atoms with Gasteiger partial charge in [-0.05, 0) is 17.9 Å². The predicted octanol–water partition coefficient (Wildman–Crippen LogP) is 1.93. The molecule has 112 valence electrons. The van der Waals surface area contributed by atoms with Gasteiger partial charge in [-0.15, -0.1) is 11.3 Å². The van der Waals surface area contributed by atoms with Crippen LogP contribution in [0.1, 0.15) is 32.5 Å². The van der Waals surface area contributed by atoms with E-state index >= 15 is 0 Å². The SMILES string of the molecule is CCCC1CC(=O)NC(n2nc(-c3cccs3)cc2N)N1. The molecule has 0 aliphatic carbocycles. The van der Waals surface area contributed by atoms with Gasteiger partial charge in [0.05, 0.1) is 4.88 Å². The van der Waals surface area contributed by atoms with E-state index < -0.39 is 0 Å². The van der Waals surface area contributed by atoms with E-state index in [1.54, 1.807) is 16.0 Å². The number of nitrogens with two attached hydrogens (primary N) is 1. The molecule has 6 nitrogen and oxygen atoms in total. The molecule has 1 aliphatic rings. The van der Waals surface area contributed by atoms with Crippen LogP contribution in [0.5, 0.6) is 0 Å². The van der Waals surface area contributed by atoms with Gasteiger partial charge in [0, 0.05) is 18.5 Å². The summed E-state index contributed by atoms with van der Waals surface area (Å²) in [4.78, 5) is 12.9. The molecule has 7 heteroatoms. The van der Waals surface area contributed by atoms with Gasteiger partial charge in [0.1, 0.15) is 11.5 Å². The van der Waals surface area contributed by atoms with Gasteiger partial charge in [-0.3, -0.25) is 10.1 Å². The Morgan fingerprint density at radius 2 is 2.43 bits per heavy atom. The highest BCUT2D eigenvalue weighted by molar-refractivity contribution is 7.13. The number of nitrogen functional groups attached to an aromatic ring is 1. The minimum absolute atomic E-state index is 0.0322. The van der Waals surface area contributed by atoms with Gasteiger partial charge < -0.3 is 11.1 Å². The van der Waals surface area contributed by atoms with E-state index in [4.69, 9.17) is 5.73 Å². The average Bonchev–Trinajstić information content (AvgIpc) is 3.07. The van der Waals surface area contributed by atoms with Crippen molar-refractivity contribution >= 4 is 23.1 Å². The lowest BCUT2D eigenvalue weighted by Crippen LogP contribution is -2.53. The van der Waals surface area contributed by atoms with Crippen molar-refractivity contribution in [1.29, 1.82) is 0 Å². The van der Waals surface area contributed by atoms with Gasteiger partial charge in [-0.1, -0.05) is 19.4 Å². The lowest BCUT2D eigenvalue weighted by atomic mass is 10.1. The van der Waals surface area contributed by atoms with Crippen molar-refractivity contribution in [3.63, 3.8) is 0 Å². The van der Waals surface area contributed by atoms with Gasteiger partial charge in [-0.25, -0.2) is 4.68 Å². The van der Waals surface area contributed by atoms with E-state index in [2.05, 4.69) is 22.7 Å². The molecule has 1 fully saturated rings. The third kappa shape index (κ3) is 2.93. The molecule has 2 unspecified atom stereocenters. The second-order valence-corrected chi connectivity index (χ2v) is 6.15. The summed E-state index contributed by atoms with van der Waals surface area (Å²) >= 11 is 1.61. The van der Waals surface area contributed by atoms with Crippen molar-refractivity contribution in [2.24, 2.45) is 0 Å². The number of rotatable bonds is 4. The Morgan fingerprint density at radius 3 is 3.14 bits per heavy atom. The highest BCUT2D eigenvalue weighted by Gasteiger charge is 2.28. The number of amides is 1. The molecular weight excluding hydrogens is 286 g/mol. The van der Waals surface area contributed by atoms with Crippen LogP contribution >= 0.6 is 11.3 Å². The second-order valence-electron chi connectivity index (χ2n) is 5.20. The summed E-state index contributed by atoms with van der Waals surface area (Å²) < 4.78 is 1.65. The molecule has 3 heterocycles. The molecule has 2 aromatic heterocycles. The van der Waals surface area contributed by atoms with Gasteiger partial charge >= 0.3 is 0 Å². The highest BCUT2D eigenvalue weighted by atomic mass is 32.1. The smallest absolute Gasteiger partial charge is 0.224 e. The lowest BCUT2D eigenvalue weighted by Gasteiger charge is -2.31. The molecule has 0 radical (unpaired) electrons. The topological polar surface area (TPSA) is 85.0 Å². The Bertz CT molecular complexity index is 621. The predicted molar refractivity (Wildman–Crippen MR) is 83.6 cm³/mol. The van der Waals surface area contributed by atoms with Crippen LogP contribution < -0.4 is 16.4 Å². The van der Waals surface area contributed by atoms with E-state index in [1.807, 2.05) is 23.6 Å². The molecule has 0 saturated carbocycles. The van der Waals surface area contributed by atoms with Crippen LogP contribution in [0.4, 0.5) is 5.82 Å². The maximum Gasteiger partial charge on any atom is 0.224 e. The number of nitrogens with zero attached hydrogens (tertiary/aromatic N) is 2. The highest BCUT2D eigenvalue weighted by Crippen LogP contribution is 2.26. The fourth-order valence-electron chi connectivity index (χ4n) is 2.59. The maximum absolute atomic E-state index is 11.8. The number of anilines is 1. The summed E-state index contributed by atoms with van der Waals surface area (Å²) in [5.74, 6) is 0.568. The Morgan fingerprint density at radius 1 is 1.57 bits per heavy atom. The number of nitrogens with one attached hydrogen (secondary N) is 2. The molecule has 2 atom stereocenters. The number of carbonyl (C=O) groups is 1. The average molecular weight is 305 g/mol. The Kier molecular flexibility index (Phi) is 3.94. The standard InChI is InChI=1S/C14H19N5OS/c1-2-4-9-7-13(20)17-14(16-9)19-12(15)8-10(18-19)11-5-3-6-21-11/h3,5-6,8-9,14,16H,2,4,7,15H2,1H3,(H,17,20).